The van der Waals surface area contributed by atoms with E-state index in [1.807, 2.05) is 0 Å². The predicted molar refractivity (Wildman–Crippen MR) is 99.9 cm³/mol. The molecule has 0 aliphatic rings. The molecule has 0 saturated carbocycles. The molecule has 0 radical (unpaired) electrons. The number of carbonyl (C=O) groups is 2. The van der Waals surface area contributed by atoms with Crippen LogP contribution in [0.5, 0.6) is 0 Å². The molecule has 3 rings (SSSR count). The Morgan fingerprint density at radius 1 is 1.11 bits per heavy atom. The number of nitrogens with one attached hydrogen (secondary N) is 3. The van der Waals surface area contributed by atoms with Gasteiger partial charge in [0.1, 0.15) is 11.4 Å². The number of hydrogen-bond donors (Lipinski definition) is 3. The molecule has 1 aromatic heterocycles. The van der Waals surface area contributed by atoms with E-state index in [0.717, 1.165) is 5.56 Å². The van der Waals surface area contributed by atoms with Crippen LogP contribution in [0.4, 0.5) is 4.39 Å². The number of amides is 2. The number of benzene rings is 2. The minimum absolute atomic E-state index is 0.0620. The molecule has 0 unspecified atom stereocenters. The maximum Gasteiger partial charge on any atom is 0.257 e. The number of aromatic nitrogens is 1. The molecule has 6 nitrogen and oxygen atoms in total. The molecule has 3 N–H and O–H groups in total. The number of carbonyl (C=O) groups excluding carboxylic acids is 2. The molecule has 27 heavy (non-hydrogen) atoms. The lowest BCUT2D eigenvalue weighted by atomic mass is 10.1. The molecule has 0 saturated heterocycles. The molecule has 3 aromatic rings. The van der Waals surface area contributed by atoms with E-state index < -0.39 is 17.2 Å². The second kappa shape index (κ2) is 7.82. The Morgan fingerprint density at radius 2 is 1.81 bits per heavy atom. The number of para-hydroxylation sites is 1. The number of halogens is 1. The van der Waals surface area contributed by atoms with Gasteiger partial charge in [0.2, 0.25) is 11.3 Å². The third-order valence-electron chi connectivity index (χ3n) is 4.19. The van der Waals surface area contributed by atoms with Gasteiger partial charge in [0, 0.05) is 17.1 Å². The van der Waals surface area contributed by atoms with Gasteiger partial charge < -0.3 is 15.6 Å². The molecule has 0 fully saturated rings. The van der Waals surface area contributed by atoms with Gasteiger partial charge in [0.15, 0.2) is 0 Å². The van der Waals surface area contributed by atoms with E-state index in [9.17, 15) is 18.8 Å². The molecule has 0 bridgehead atoms. The van der Waals surface area contributed by atoms with Crippen LogP contribution in [0.1, 0.15) is 28.9 Å². The maximum absolute atomic E-state index is 13.0. The van der Waals surface area contributed by atoms with Gasteiger partial charge in [-0.25, -0.2) is 4.39 Å². The van der Waals surface area contributed by atoms with Crippen molar-refractivity contribution in [1.82, 2.24) is 15.6 Å². The largest absolute Gasteiger partial charge is 0.360 e. The second-order valence-corrected chi connectivity index (χ2v) is 6.10. The summed E-state index contributed by atoms with van der Waals surface area (Å²) in [7, 11) is 0. The molecular formula is C20H18FN3O3. The number of rotatable bonds is 5. The van der Waals surface area contributed by atoms with Gasteiger partial charge in [0.05, 0.1) is 12.6 Å². The summed E-state index contributed by atoms with van der Waals surface area (Å²) in [4.78, 5) is 39.6. The molecule has 138 valence electrons. The highest BCUT2D eigenvalue weighted by atomic mass is 19.1. The summed E-state index contributed by atoms with van der Waals surface area (Å²) in [5.74, 6) is -1.41. The Balaban J connectivity index is 1.62. The van der Waals surface area contributed by atoms with Crippen LogP contribution in [0.3, 0.4) is 0 Å². The van der Waals surface area contributed by atoms with Gasteiger partial charge in [-0.3, -0.25) is 14.4 Å². The van der Waals surface area contributed by atoms with Crippen LogP contribution in [-0.2, 0) is 4.79 Å². The Morgan fingerprint density at radius 3 is 2.56 bits per heavy atom. The smallest absolute Gasteiger partial charge is 0.257 e. The Bertz CT molecular complexity index is 1040. The van der Waals surface area contributed by atoms with Crippen molar-refractivity contribution in [2.45, 2.75) is 13.0 Å². The summed E-state index contributed by atoms with van der Waals surface area (Å²) in [6, 6.07) is 12.3. The third-order valence-corrected chi connectivity index (χ3v) is 4.19. The second-order valence-electron chi connectivity index (χ2n) is 6.10. The fourth-order valence-corrected chi connectivity index (χ4v) is 2.72. The van der Waals surface area contributed by atoms with Crippen molar-refractivity contribution in [2.75, 3.05) is 6.54 Å². The molecule has 0 aliphatic carbocycles. The van der Waals surface area contributed by atoms with Crippen LogP contribution in [0, 0.1) is 5.82 Å². The molecule has 2 amide bonds. The summed E-state index contributed by atoms with van der Waals surface area (Å²) in [6.45, 7) is 1.47. The average Bonchev–Trinajstić information content (AvgIpc) is 2.67. The van der Waals surface area contributed by atoms with E-state index >= 15 is 0 Å². The highest BCUT2D eigenvalue weighted by Crippen LogP contribution is 2.12. The van der Waals surface area contributed by atoms with Crippen molar-refractivity contribution < 1.29 is 14.0 Å². The molecule has 7 heteroatoms. The van der Waals surface area contributed by atoms with Crippen molar-refractivity contribution in [3.05, 3.63) is 81.9 Å². The molecule has 1 heterocycles. The number of aromatic amines is 1. The van der Waals surface area contributed by atoms with E-state index in [-0.39, 0.29) is 24.0 Å². The minimum Gasteiger partial charge on any atom is -0.360 e. The monoisotopic (exact) mass is 367 g/mol. The lowest BCUT2D eigenvalue weighted by molar-refractivity contribution is -0.120. The maximum atomic E-state index is 13.0. The first kappa shape index (κ1) is 18.3. The zero-order valence-corrected chi connectivity index (χ0v) is 14.6. The number of fused-ring (bicyclic) bond motifs is 1. The lowest BCUT2D eigenvalue weighted by Crippen LogP contribution is -2.39. The Labute approximate surface area is 154 Å². The van der Waals surface area contributed by atoms with Crippen LogP contribution in [0.25, 0.3) is 10.9 Å². The highest BCUT2D eigenvalue weighted by Gasteiger charge is 2.15. The molecule has 1 atom stereocenters. The third kappa shape index (κ3) is 4.20. The van der Waals surface area contributed by atoms with E-state index in [4.69, 9.17) is 0 Å². The normalized spacial score (nSPS) is 11.8. The van der Waals surface area contributed by atoms with Crippen molar-refractivity contribution in [3.8, 4) is 0 Å². The van der Waals surface area contributed by atoms with Crippen molar-refractivity contribution in [2.24, 2.45) is 0 Å². The van der Waals surface area contributed by atoms with Crippen molar-refractivity contribution in [3.63, 3.8) is 0 Å². The van der Waals surface area contributed by atoms with E-state index in [1.165, 1.54) is 18.3 Å². The fraction of sp³-hybridized carbons (Fsp3) is 0.150. The molecular weight excluding hydrogens is 349 g/mol. The van der Waals surface area contributed by atoms with E-state index in [1.54, 1.807) is 43.3 Å². The SMILES string of the molecule is C[C@H](NC(=O)CNC(=O)c1c[nH]c2ccccc2c1=O)c1ccc(F)cc1. The quantitative estimate of drug-likeness (QED) is 0.646. The topological polar surface area (TPSA) is 91.1 Å². The highest BCUT2D eigenvalue weighted by molar-refractivity contribution is 5.98. The first-order chi connectivity index (χ1) is 13.0. The fourth-order valence-electron chi connectivity index (χ4n) is 2.72. The van der Waals surface area contributed by atoms with E-state index in [0.29, 0.717) is 10.9 Å². The Hall–Kier alpha value is -3.48. The van der Waals surface area contributed by atoms with Crippen LogP contribution in [-0.4, -0.2) is 23.3 Å². The van der Waals surface area contributed by atoms with Crippen LogP contribution < -0.4 is 16.1 Å². The first-order valence-electron chi connectivity index (χ1n) is 8.39. The van der Waals surface area contributed by atoms with Gasteiger partial charge in [0.25, 0.3) is 5.91 Å². The number of hydrogen-bond acceptors (Lipinski definition) is 3. The van der Waals surface area contributed by atoms with Gasteiger partial charge in [-0.05, 0) is 36.8 Å². The van der Waals surface area contributed by atoms with Crippen LogP contribution in [0.15, 0.2) is 59.5 Å². The molecule has 0 spiro atoms. The number of H-pyrrole nitrogens is 1. The standard InChI is InChI=1S/C20H18FN3O3/c1-12(13-6-8-14(21)9-7-13)24-18(25)11-23-20(27)16-10-22-17-5-3-2-4-15(17)19(16)26/h2-10,12H,11H2,1H3,(H,22,26)(H,23,27)(H,24,25)/t12-/m0/s1. The molecule has 0 aliphatic heterocycles. The zero-order chi connectivity index (χ0) is 19.4. The van der Waals surface area contributed by atoms with Gasteiger partial charge in [-0.1, -0.05) is 24.3 Å². The summed E-state index contributed by atoms with van der Waals surface area (Å²) in [6.07, 6.45) is 1.33. The van der Waals surface area contributed by atoms with Gasteiger partial charge in [-0.15, -0.1) is 0 Å². The predicted octanol–water partition coefficient (Wildman–Crippen LogP) is 2.27. The zero-order valence-electron chi connectivity index (χ0n) is 14.6. The Kier molecular flexibility index (Phi) is 5.30. The van der Waals surface area contributed by atoms with Crippen LogP contribution >= 0.6 is 0 Å². The first-order valence-corrected chi connectivity index (χ1v) is 8.39. The molecule has 2 aromatic carbocycles. The summed E-state index contributed by atoms with van der Waals surface area (Å²) < 4.78 is 13.0. The minimum atomic E-state index is -0.633. The lowest BCUT2D eigenvalue weighted by Gasteiger charge is -2.14. The van der Waals surface area contributed by atoms with Gasteiger partial charge in [-0.2, -0.15) is 0 Å². The summed E-state index contributed by atoms with van der Waals surface area (Å²) >= 11 is 0. The average molecular weight is 367 g/mol. The van der Waals surface area contributed by atoms with Crippen molar-refractivity contribution >= 4 is 22.7 Å². The van der Waals surface area contributed by atoms with Crippen molar-refractivity contribution in [1.29, 1.82) is 0 Å². The summed E-state index contributed by atoms with van der Waals surface area (Å²) in [5, 5.41) is 5.55. The van der Waals surface area contributed by atoms with Crippen LogP contribution in [0.2, 0.25) is 0 Å². The summed E-state index contributed by atoms with van der Waals surface area (Å²) in [5.41, 5.74) is 0.905. The van der Waals surface area contributed by atoms with E-state index in [2.05, 4.69) is 15.6 Å². The van der Waals surface area contributed by atoms with Gasteiger partial charge >= 0.3 is 0 Å². The number of pyridine rings is 1.